The molecule has 1 saturated carbocycles. The molecule has 16 heavy (non-hydrogen) atoms. The van der Waals surface area contributed by atoms with Gasteiger partial charge in [0.1, 0.15) is 5.75 Å². The molecular formula is C13H19NO2. The summed E-state index contributed by atoms with van der Waals surface area (Å²) in [6.07, 6.45) is 3.96. The van der Waals surface area contributed by atoms with Gasteiger partial charge in [-0.25, -0.2) is 0 Å². The summed E-state index contributed by atoms with van der Waals surface area (Å²) >= 11 is 0. The fourth-order valence-corrected chi connectivity index (χ4v) is 2.20. The first-order valence-corrected chi connectivity index (χ1v) is 5.85. The van der Waals surface area contributed by atoms with Crippen molar-refractivity contribution in [2.45, 2.75) is 38.2 Å². The van der Waals surface area contributed by atoms with Crippen LogP contribution in [0.3, 0.4) is 0 Å². The zero-order valence-electron chi connectivity index (χ0n) is 9.66. The molecule has 0 radical (unpaired) electrons. The predicted molar refractivity (Wildman–Crippen MR) is 64.8 cm³/mol. The van der Waals surface area contributed by atoms with E-state index < -0.39 is 5.60 Å². The van der Waals surface area contributed by atoms with E-state index in [9.17, 15) is 10.2 Å². The van der Waals surface area contributed by atoms with Gasteiger partial charge in [0.05, 0.1) is 5.60 Å². The van der Waals surface area contributed by atoms with E-state index in [1.807, 2.05) is 19.1 Å². The van der Waals surface area contributed by atoms with Crippen LogP contribution in [0, 0.1) is 6.92 Å². The highest BCUT2D eigenvalue weighted by molar-refractivity contribution is 5.51. The zero-order chi connectivity index (χ0) is 11.6. The van der Waals surface area contributed by atoms with Crippen molar-refractivity contribution in [2.75, 3.05) is 11.9 Å². The van der Waals surface area contributed by atoms with E-state index >= 15 is 0 Å². The average molecular weight is 221 g/mol. The Kier molecular flexibility index (Phi) is 3.06. The number of aliphatic hydroxyl groups is 1. The molecule has 3 heteroatoms. The van der Waals surface area contributed by atoms with E-state index in [4.69, 9.17) is 0 Å². The molecule has 1 aromatic carbocycles. The van der Waals surface area contributed by atoms with Crippen molar-refractivity contribution in [3.05, 3.63) is 23.8 Å². The molecule has 1 aliphatic carbocycles. The van der Waals surface area contributed by atoms with E-state index in [0.29, 0.717) is 12.3 Å². The molecule has 0 saturated heterocycles. The van der Waals surface area contributed by atoms with Crippen LogP contribution in [0.15, 0.2) is 18.2 Å². The lowest BCUT2D eigenvalue weighted by Crippen LogP contribution is -2.33. The smallest absolute Gasteiger partial charge is 0.120 e. The second-order valence-corrected chi connectivity index (χ2v) is 4.79. The van der Waals surface area contributed by atoms with Crippen LogP contribution in [0.1, 0.15) is 31.2 Å². The minimum absolute atomic E-state index is 0.295. The molecule has 1 fully saturated rings. The lowest BCUT2D eigenvalue weighted by Gasteiger charge is -2.23. The highest BCUT2D eigenvalue weighted by atomic mass is 16.3. The molecule has 0 bridgehead atoms. The second-order valence-electron chi connectivity index (χ2n) is 4.79. The standard InChI is InChI=1S/C13H19NO2/c1-10-4-5-11(8-12(10)15)14-9-13(16)6-2-3-7-13/h4-5,8,14-16H,2-3,6-7,9H2,1H3. The summed E-state index contributed by atoms with van der Waals surface area (Å²) in [6, 6.07) is 5.50. The number of anilines is 1. The summed E-state index contributed by atoms with van der Waals surface area (Å²) in [4.78, 5) is 0. The normalized spacial score (nSPS) is 18.6. The van der Waals surface area contributed by atoms with Gasteiger partial charge in [0.2, 0.25) is 0 Å². The van der Waals surface area contributed by atoms with Crippen LogP contribution in [0.5, 0.6) is 5.75 Å². The fraction of sp³-hybridized carbons (Fsp3) is 0.538. The molecule has 3 N–H and O–H groups in total. The Bertz CT molecular complexity index is 370. The highest BCUT2D eigenvalue weighted by Gasteiger charge is 2.30. The summed E-state index contributed by atoms with van der Waals surface area (Å²) in [5, 5.41) is 22.9. The number of benzene rings is 1. The summed E-state index contributed by atoms with van der Waals surface area (Å²) in [7, 11) is 0. The molecule has 2 rings (SSSR count). The van der Waals surface area contributed by atoms with Gasteiger partial charge in [-0.3, -0.25) is 0 Å². The first kappa shape index (κ1) is 11.3. The molecule has 88 valence electrons. The molecule has 0 unspecified atom stereocenters. The number of nitrogens with one attached hydrogen (secondary N) is 1. The van der Waals surface area contributed by atoms with Gasteiger partial charge in [-0.15, -0.1) is 0 Å². The first-order chi connectivity index (χ1) is 7.59. The van der Waals surface area contributed by atoms with Gasteiger partial charge in [0.25, 0.3) is 0 Å². The number of hydrogen-bond acceptors (Lipinski definition) is 3. The Morgan fingerprint density at radius 3 is 2.62 bits per heavy atom. The SMILES string of the molecule is Cc1ccc(NCC2(O)CCCC2)cc1O. The summed E-state index contributed by atoms with van der Waals surface area (Å²) in [5.41, 5.74) is 1.18. The lowest BCUT2D eigenvalue weighted by molar-refractivity contribution is 0.0614. The maximum absolute atomic E-state index is 10.2. The zero-order valence-corrected chi connectivity index (χ0v) is 9.66. The number of phenols is 1. The van der Waals surface area contributed by atoms with Crippen LogP contribution < -0.4 is 5.32 Å². The average Bonchev–Trinajstić information content (AvgIpc) is 2.68. The van der Waals surface area contributed by atoms with Gasteiger partial charge in [-0.1, -0.05) is 18.9 Å². The van der Waals surface area contributed by atoms with E-state index in [0.717, 1.165) is 36.9 Å². The predicted octanol–water partition coefficient (Wildman–Crippen LogP) is 2.42. The fourth-order valence-electron chi connectivity index (χ4n) is 2.20. The monoisotopic (exact) mass is 221 g/mol. The van der Waals surface area contributed by atoms with E-state index in [-0.39, 0.29) is 0 Å². The van der Waals surface area contributed by atoms with Crippen LogP contribution in [0.25, 0.3) is 0 Å². The Morgan fingerprint density at radius 1 is 1.31 bits per heavy atom. The van der Waals surface area contributed by atoms with Gasteiger partial charge >= 0.3 is 0 Å². The Morgan fingerprint density at radius 2 is 2.00 bits per heavy atom. The largest absolute Gasteiger partial charge is 0.508 e. The molecule has 0 aromatic heterocycles. The second kappa shape index (κ2) is 4.34. The van der Waals surface area contributed by atoms with Crippen LogP contribution in [0.2, 0.25) is 0 Å². The van der Waals surface area contributed by atoms with Crippen molar-refractivity contribution in [3.63, 3.8) is 0 Å². The number of aromatic hydroxyl groups is 1. The Hall–Kier alpha value is -1.22. The minimum Gasteiger partial charge on any atom is -0.508 e. The molecule has 1 aliphatic rings. The molecule has 0 aliphatic heterocycles. The van der Waals surface area contributed by atoms with Crippen molar-refractivity contribution in [1.29, 1.82) is 0 Å². The quantitative estimate of drug-likeness (QED) is 0.734. The number of rotatable bonds is 3. The van der Waals surface area contributed by atoms with Crippen molar-refractivity contribution >= 4 is 5.69 Å². The van der Waals surface area contributed by atoms with Crippen LogP contribution in [-0.2, 0) is 0 Å². The van der Waals surface area contributed by atoms with Crippen molar-refractivity contribution in [1.82, 2.24) is 0 Å². The Labute approximate surface area is 96.1 Å². The number of aryl methyl sites for hydroxylation is 1. The molecule has 0 heterocycles. The number of hydrogen-bond donors (Lipinski definition) is 3. The van der Waals surface area contributed by atoms with E-state index in [1.165, 1.54) is 0 Å². The molecule has 0 atom stereocenters. The Balaban J connectivity index is 1.96. The third-order valence-corrected chi connectivity index (χ3v) is 3.36. The first-order valence-electron chi connectivity index (χ1n) is 5.85. The maximum atomic E-state index is 10.2. The van der Waals surface area contributed by atoms with Gasteiger partial charge in [-0.05, 0) is 31.4 Å². The van der Waals surface area contributed by atoms with Gasteiger partial charge < -0.3 is 15.5 Å². The summed E-state index contributed by atoms with van der Waals surface area (Å²) in [5.74, 6) is 0.295. The van der Waals surface area contributed by atoms with Gasteiger partial charge in [0, 0.05) is 18.3 Å². The van der Waals surface area contributed by atoms with E-state index in [1.54, 1.807) is 6.07 Å². The van der Waals surface area contributed by atoms with Crippen LogP contribution in [-0.4, -0.2) is 22.4 Å². The lowest BCUT2D eigenvalue weighted by atomic mass is 10.0. The third-order valence-electron chi connectivity index (χ3n) is 3.36. The maximum Gasteiger partial charge on any atom is 0.120 e. The molecule has 1 aromatic rings. The molecule has 0 amide bonds. The van der Waals surface area contributed by atoms with Crippen molar-refractivity contribution in [3.8, 4) is 5.75 Å². The minimum atomic E-state index is -0.555. The van der Waals surface area contributed by atoms with Crippen LogP contribution in [0.4, 0.5) is 5.69 Å². The van der Waals surface area contributed by atoms with Gasteiger partial charge in [0.15, 0.2) is 0 Å². The van der Waals surface area contributed by atoms with Gasteiger partial charge in [-0.2, -0.15) is 0 Å². The van der Waals surface area contributed by atoms with E-state index in [2.05, 4.69) is 5.32 Å². The summed E-state index contributed by atoms with van der Waals surface area (Å²) in [6.45, 7) is 2.43. The topological polar surface area (TPSA) is 52.5 Å². The highest BCUT2D eigenvalue weighted by Crippen LogP contribution is 2.30. The molecule has 3 nitrogen and oxygen atoms in total. The molecular weight excluding hydrogens is 202 g/mol. The number of phenolic OH excluding ortho intramolecular Hbond substituents is 1. The van der Waals surface area contributed by atoms with Crippen molar-refractivity contribution in [2.24, 2.45) is 0 Å². The third kappa shape index (κ3) is 2.47. The van der Waals surface area contributed by atoms with Crippen LogP contribution >= 0.6 is 0 Å². The molecule has 0 spiro atoms. The van der Waals surface area contributed by atoms with Crippen molar-refractivity contribution < 1.29 is 10.2 Å². The summed E-state index contributed by atoms with van der Waals surface area (Å²) < 4.78 is 0.